The van der Waals surface area contributed by atoms with Crippen LogP contribution in [0.15, 0.2) is 12.2 Å². The Bertz CT molecular complexity index is 281. The lowest BCUT2D eigenvalue weighted by Crippen LogP contribution is -2.41. The molecule has 0 spiro atoms. The minimum Gasteiger partial charge on any atom is -0.478 e. The molecule has 0 aliphatic carbocycles. The Balaban J connectivity index is 2.27. The Morgan fingerprint density at radius 3 is 2.29 bits per heavy atom. The molecule has 0 aromatic heterocycles. The Morgan fingerprint density at radius 2 is 1.71 bits per heavy atom. The molecule has 5 nitrogen and oxygen atoms in total. The van der Waals surface area contributed by atoms with E-state index in [1.807, 2.05) is 4.90 Å². The fourth-order valence-corrected chi connectivity index (χ4v) is 1.87. The van der Waals surface area contributed by atoms with Crippen molar-refractivity contribution >= 4 is 12.0 Å². The highest BCUT2D eigenvalue weighted by Gasteiger charge is 2.13. The molecule has 96 valence electrons. The van der Waals surface area contributed by atoms with Crippen LogP contribution in [0.2, 0.25) is 0 Å². The standard InChI is InChI=1S/C12H20N2O3/c15-11(16)7-6-8-13-12(17)14-9-4-2-1-3-5-10-14/h6-7H,1-5,8-10H2,(H,13,17)(H,15,16)/b7-6+. The minimum atomic E-state index is -0.995. The van der Waals surface area contributed by atoms with Gasteiger partial charge in [0.25, 0.3) is 0 Å². The van der Waals surface area contributed by atoms with E-state index in [-0.39, 0.29) is 12.6 Å². The molecule has 17 heavy (non-hydrogen) atoms. The van der Waals surface area contributed by atoms with Crippen molar-refractivity contribution < 1.29 is 14.7 Å². The van der Waals surface area contributed by atoms with Crippen LogP contribution in [0.4, 0.5) is 4.79 Å². The first kappa shape index (κ1) is 13.5. The molecule has 1 rings (SSSR count). The fraction of sp³-hybridized carbons (Fsp3) is 0.667. The lowest BCUT2D eigenvalue weighted by Gasteiger charge is -2.24. The SMILES string of the molecule is O=C(O)/C=C/CNC(=O)N1CCCCCCC1. The molecule has 1 heterocycles. The van der Waals surface area contributed by atoms with Gasteiger partial charge >= 0.3 is 12.0 Å². The molecule has 0 bridgehead atoms. The van der Waals surface area contributed by atoms with Gasteiger partial charge in [-0.1, -0.05) is 25.3 Å². The number of carboxylic acids is 1. The molecule has 2 N–H and O–H groups in total. The van der Waals surface area contributed by atoms with Gasteiger partial charge in [-0.2, -0.15) is 0 Å². The van der Waals surface area contributed by atoms with E-state index in [0.29, 0.717) is 0 Å². The Morgan fingerprint density at radius 1 is 1.12 bits per heavy atom. The van der Waals surface area contributed by atoms with Gasteiger partial charge in [-0.3, -0.25) is 0 Å². The zero-order valence-electron chi connectivity index (χ0n) is 10.0. The van der Waals surface area contributed by atoms with Crippen LogP contribution in [0.25, 0.3) is 0 Å². The smallest absolute Gasteiger partial charge is 0.328 e. The van der Waals surface area contributed by atoms with E-state index in [1.165, 1.54) is 25.3 Å². The molecular weight excluding hydrogens is 220 g/mol. The summed E-state index contributed by atoms with van der Waals surface area (Å²) in [4.78, 5) is 23.8. The topological polar surface area (TPSA) is 69.6 Å². The summed E-state index contributed by atoms with van der Waals surface area (Å²) in [5.41, 5.74) is 0. The van der Waals surface area contributed by atoms with Crippen molar-refractivity contribution in [2.75, 3.05) is 19.6 Å². The average molecular weight is 240 g/mol. The average Bonchev–Trinajstić information content (AvgIpc) is 2.23. The van der Waals surface area contributed by atoms with Crippen molar-refractivity contribution in [3.63, 3.8) is 0 Å². The molecule has 0 atom stereocenters. The van der Waals surface area contributed by atoms with Gasteiger partial charge in [-0.05, 0) is 12.8 Å². The monoisotopic (exact) mass is 240 g/mol. The summed E-state index contributed by atoms with van der Waals surface area (Å²) in [6.07, 6.45) is 8.21. The van der Waals surface area contributed by atoms with Gasteiger partial charge in [-0.15, -0.1) is 0 Å². The highest BCUT2D eigenvalue weighted by atomic mass is 16.4. The van der Waals surface area contributed by atoms with Gasteiger partial charge < -0.3 is 15.3 Å². The molecule has 1 aliphatic heterocycles. The number of hydrogen-bond donors (Lipinski definition) is 2. The molecule has 1 aliphatic rings. The Hall–Kier alpha value is -1.52. The maximum absolute atomic E-state index is 11.7. The second kappa shape index (κ2) is 7.70. The maximum Gasteiger partial charge on any atom is 0.328 e. The van der Waals surface area contributed by atoms with Gasteiger partial charge in [0.05, 0.1) is 0 Å². The van der Waals surface area contributed by atoms with Crippen LogP contribution in [0.3, 0.4) is 0 Å². The van der Waals surface area contributed by atoms with Crippen molar-refractivity contribution in [3.05, 3.63) is 12.2 Å². The number of hydrogen-bond acceptors (Lipinski definition) is 2. The Kier molecular flexibility index (Phi) is 6.14. The lowest BCUT2D eigenvalue weighted by atomic mass is 10.1. The lowest BCUT2D eigenvalue weighted by molar-refractivity contribution is -0.131. The summed E-state index contributed by atoms with van der Waals surface area (Å²) >= 11 is 0. The number of likely N-dealkylation sites (tertiary alicyclic amines) is 1. The van der Waals surface area contributed by atoms with Crippen molar-refractivity contribution in [1.82, 2.24) is 10.2 Å². The predicted octanol–water partition coefficient (Wildman–Crippen LogP) is 1.60. The van der Waals surface area contributed by atoms with Gasteiger partial charge in [-0.25, -0.2) is 9.59 Å². The molecular formula is C12H20N2O3. The number of carboxylic acid groups (broad SMARTS) is 1. The van der Waals surface area contributed by atoms with Crippen LogP contribution in [0.1, 0.15) is 32.1 Å². The third-order valence-corrected chi connectivity index (χ3v) is 2.77. The van der Waals surface area contributed by atoms with Crippen molar-refractivity contribution in [2.24, 2.45) is 0 Å². The van der Waals surface area contributed by atoms with Crippen molar-refractivity contribution in [3.8, 4) is 0 Å². The zero-order chi connectivity index (χ0) is 12.5. The molecule has 5 heteroatoms. The molecule has 0 aromatic rings. The number of carbonyl (C=O) groups excluding carboxylic acids is 1. The summed E-state index contributed by atoms with van der Waals surface area (Å²) in [6.45, 7) is 1.87. The second-order valence-electron chi connectivity index (χ2n) is 4.18. The van der Waals surface area contributed by atoms with E-state index in [9.17, 15) is 9.59 Å². The number of nitrogens with zero attached hydrogens (tertiary/aromatic N) is 1. The highest BCUT2D eigenvalue weighted by Crippen LogP contribution is 2.10. The maximum atomic E-state index is 11.7. The molecule has 1 fully saturated rings. The fourth-order valence-electron chi connectivity index (χ4n) is 1.87. The van der Waals surface area contributed by atoms with Gasteiger partial charge in [0.15, 0.2) is 0 Å². The molecule has 0 unspecified atom stereocenters. The number of amides is 2. The van der Waals surface area contributed by atoms with E-state index in [2.05, 4.69) is 5.32 Å². The van der Waals surface area contributed by atoms with Gasteiger partial charge in [0.1, 0.15) is 0 Å². The van der Waals surface area contributed by atoms with Crippen LogP contribution in [-0.2, 0) is 4.79 Å². The molecule has 2 amide bonds. The third-order valence-electron chi connectivity index (χ3n) is 2.77. The third kappa shape index (κ3) is 5.94. The quantitative estimate of drug-likeness (QED) is 0.736. The summed E-state index contributed by atoms with van der Waals surface area (Å²) in [7, 11) is 0. The first-order chi connectivity index (χ1) is 8.20. The molecule has 0 saturated carbocycles. The molecule has 0 radical (unpaired) electrons. The van der Waals surface area contributed by atoms with Crippen LogP contribution < -0.4 is 5.32 Å². The van der Waals surface area contributed by atoms with E-state index >= 15 is 0 Å². The van der Waals surface area contributed by atoms with Crippen LogP contribution in [0, 0.1) is 0 Å². The van der Waals surface area contributed by atoms with Gasteiger partial charge in [0, 0.05) is 25.7 Å². The van der Waals surface area contributed by atoms with Crippen LogP contribution in [-0.4, -0.2) is 41.6 Å². The molecule has 0 aromatic carbocycles. The highest BCUT2D eigenvalue weighted by molar-refractivity contribution is 5.80. The van der Waals surface area contributed by atoms with E-state index in [4.69, 9.17) is 5.11 Å². The van der Waals surface area contributed by atoms with Crippen molar-refractivity contribution in [2.45, 2.75) is 32.1 Å². The minimum absolute atomic E-state index is 0.0954. The van der Waals surface area contributed by atoms with Crippen molar-refractivity contribution in [1.29, 1.82) is 0 Å². The summed E-state index contributed by atoms with van der Waals surface area (Å²) in [5, 5.41) is 11.1. The number of urea groups is 1. The largest absolute Gasteiger partial charge is 0.478 e. The predicted molar refractivity (Wildman–Crippen MR) is 64.8 cm³/mol. The first-order valence-electron chi connectivity index (χ1n) is 6.12. The Labute approximate surface area is 101 Å². The molecule has 1 saturated heterocycles. The van der Waals surface area contributed by atoms with Crippen LogP contribution in [0.5, 0.6) is 0 Å². The number of carbonyl (C=O) groups is 2. The summed E-state index contributed by atoms with van der Waals surface area (Å²) in [5.74, 6) is -0.995. The van der Waals surface area contributed by atoms with E-state index in [0.717, 1.165) is 32.0 Å². The number of rotatable bonds is 3. The summed E-state index contributed by atoms with van der Waals surface area (Å²) < 4.78 is 0. The summed E-state index contributed by atoms with van der Waals surface area (Å²) in [6, 6.07) is -0.0954. The number of nitrogens with one attached hydrogen (secondary N) is 1. The zero-order valence-corrected chi connectivity index (χ0v) is 10.0. The normalized spacial score (nSPS) is 17.5. The second-order valence-corrected chi connectivity index (χ2v) is 4.18. The number of aliphatic carboxylic acids is 1. The van der Waals surface area contributed by atoms with E-state index in [1.54, 1.807) is 0 Å². The van der Waals surface area contributed by atoms with E-state index < -0.39 is 5.97 Å². The van der Waals surface area contributed by atoms with Crippen LogP contribution >= 0.6 is 0 Å². The van der Waals surface area contributed by atoms with Gasteiger partial charge in [0.2, 0.25) is 0 Å². The first-order valence-corrected chi connectivity index (χ1v) is 6.12.